The lowest BCUT2D eigenvalue weighted by molar-refractivity contribution is 0.121. The van der Waals surface area contributed by atoms with Gasteiger partial charge in [-0.1, -0.05) is 29.3 Å². The molecule has 1 saturated heterocycles. The first-order valence-corrected chi connectivity index (χ1v) is 7.74. The summed E-state index contributed by atoms with van der Waals surface area (Å²) < 4.78 is 0. The Morgan fingerprint density at radius 3 is 2.63 bits per heavy atom. The number of piperazine rings is 1. The molecular formula is C15H20Cl2N2. The minimum atomic E-state index is 0.270. The van der Waals surface area contributed by atoms with Crippen LogP contribution in [0.1, 0.15) is 25.3 Å². The molecule has 1 aromatic rings. The number of nitrogens with zero attached hydrogens (tertiary/aromatic N) is 1. The van der Waals surface area contributed by atoms with Crippen molar-refractivity contribution < 1.29 is 0 Å². The van der Waals surface area contributed by atoms with E-state index in [4.69, 9.17) is 23.2 Å². The number of hydrogen-bond donors (Lipinski definition) is 1. The third-order valence-corrected chi connectivity index (χ3v) is 5.14. The third kappa shape index (κ3) is 2.92. The first-order valence-electron chi connectivity index (χ1n) is 6.99. The summed E-state index contributed by atoms with van der Waals surface area (Å²) in [5.41, 5.74) is 1.33. The molecule has 1 aliphatic heterocycles. The number of rotatable bonds is 3. The average molecular weight is 299 g/mol. The molecule has 19 heavy (non-hydrogen) atoms. The van der Waals surface area contributed by atoms with E-state index in [-0.39, 0.29) is 5.54 Å². The molecular weight excluding hydrogens is 279 g/mol. The highest BCUT2D eigenvalue weighted by Gasteiger charge is 2.43. The molecule has 0 bridgehead atoms. The zero-order valence-electron chi connectivity index (χ0n) is 11.3. The highest BCUT2D eigenvalue weighted by molar-refractivity contribution is 6.35. The molecule has 1 aliphatic carbocycles. The molecule has 0 spiro atoms. The zero-order valence-corrected chi connectivity index (χ0v) is 12.8. The second-order valence-electron chi connectivity index (χ2n) is 6.03. The van der Waals surface area contributed by atoms with Gasteiger partial charge >= 0.3 is 0 Å². The van der Waals surface area contributed by atoms with Gasteiger partial charge < -0.3 is 5.32 Å². The average Bonchev–Trinajstić information content (AvgIpc) is 3.19. The topological polar surface area (TPSA) is 15.3 Å². The van der Waals surface area contributed by atoms with Crippen LogP contribution in [0.3, 0.4) is 0 Å². The Hall–Kier alpha value is -0.280. The Morgan fingerprint density at radius 1 is 1.32 bits per heavy atom. The molecule has 2 nitrogen and oxygen atoms in total. The summed E-state index contributed by atoms with van der Waals surface area (Å²) in [5, 5.41) is 5.25. The van der Waals surface area contributed by atoms with Crippen LogP contribution in [0.5, 0.6) is 0 Å². The smallest absolute Gasteiger partial charge is 0.0465 e. The van der Waals surface area contributed by atoms with Crippen molar-refractivity contribution in [2.75, 3.05) is 19.6 Å². The van der Waals surface area contributed by atoms with Gasteiger partial charge in [0.1, 0.15) is 0 Å². The molecule has 1 atom stereocenters. The van der Waals surface area contributed by atoms with E-state index in [1.54, 1.807) is 0 Å². The Labute approximate surface area is 125 Å². The lowest BCUT2D eigenvalue weighted by Crippen LogP contribution is -2.59. The largest absolute Gasteiger partial charge is 0.309 e. The van der Waals surface area contributed by atoms with Crippen LogP contribution in [-0.4, -0.2) is 30.1 Å². The molecule has 1 heterocycles. The van der Waals surface area contributed by atoms with Gasteiger partial charge in [-0.25, -0.2) is 0 Å². The first-order chi connectivity index (χ1) is 9.08. The van der Waals surface area contributed by atoms with E-state index in [0.29, 0.717) is 0 Å². The molecule has 0 aromatic heterocycles. The number of hydrogen-bond acceptors (Lipinski definition) is 2. The van der Waals surface area contributed by atoms with Gasteiger partial charge in [0.25, 0.3) is 0 Å². The fraction of sp³-hybridized carbons (Fsp3) is 0.600. The summed E-state index contributed by atoms with van der Waals surface area (Å²) in [5.74, 6) is 0.844. The predicted molar refractivity (Wildman–Crippen MR) is 80.9 cm³/mol. The second kappa shape index (κ2) is 5.25. The highest BCUT2D eigenvalue weighted by Crippen LogP contribution is 2.41. The number of nitrogens with one attached hydrogen (secondary N) is 1. The molecule has 3 rings (SSSR count). The summed E-state index contributed by atoms with van der Waals surface area (Å²) in [6.45, 7) is 6.39. The normalized spacial score (nSPS) is 28.6. The van der Waals surface area contributed by atoms with E-state index in [1.165, 1.54) is 12.8 Å². The maximum Gasteiger partial charge on any atom is 0.0465 e. The van der Waals surface area contributed by atoms with Crippen LogP contribution < -0.4 is 5.32 Å². The van der Waals surface area contributed by atoms with Gasteiger partial charge in [0.15, 0.2) is 0 Å². The first kappa shape index (κ1) is 13.7. The van der Waals surface area contributed by atoms with Crippen molar-refractivity contribution in [3.63, 3.8) is 0 Å². The van der Waals surface area contributed by atoms with E-state index in [1.807, 2.05) is 18.2 Å². The van der Waals surface area contributed by atoms with Gasteiger partial charge in [-0.05, 0) is 37.8 Å². The summed E-state index contributed by atoms with van der Waals surface area (Å²) in [4.78, 5) is 2.47. The maximum absolute atomic E-state index is 6.27. The summed E-state index contributed by atoms with van der Waals surface area (Å²) in [6, 6.07) is 5.75. The molecule has 0 amide bonds. The van der Waals surface area contributed by atoms with Crippen molar-refractivity contribution in [1.29, 1.82) is 0 Å². The fourth-order valence-corrected chi connectivity index (χ4v) is 3.65. The van der Waals surface area contributed by atoms with Crippen LogP contribution >= 0.6 is 23.2 Å². The lowest BCUT2D eigenvalue weighted by Gasteiger charge is -2.42. The van der Waals surface area contributed by atoms with E-state index in [9.17, 15) is 0 Å². The van der Waals surface area contributed by atoms with Crippen molar-refractivity contribution in [2.24, 2.45) is 5.92 Å². The maximum atomic E-state index is 6.27. The van der Waals surface area contributed by atoms with Crippen LogP contribution in [0.15, 0.2) is 18.2 Å². The number of halogens is 2. The molecule has 0 radical (unpaired) electrons. The van der Waals surface area contributed by atoms with Crippen LogP contribution in [0.2, 0.25) is 10.0 Å². The van der Waals surface area contributed by atoms with E-state index < -0.39 is 0 Å². The molecule has 1 saturated carbocycles. The Balaban J connectivity index is 1.72. The van der Waals surface area contributed by atoms with E-state index in [0.717, 1.165) is 47.7 Å². The van der Waals surface area contributed by atoms with E-state index in [2.05, 4.69) is 17.1 Å². The third-order valence-electron chi connectivity index (χ3n) is 4.43. The Kier molecular flexibility index (Phi) is 3.78. The monoisotopic (exact) mass is 298 g/mol. The van der Waals surface area contributed by atoms with Gasteiger partial charge in [0, 0.05) is 47.3 Å². The summed E-state index contributed by atoms with van der Waals surface area (Å²) >= 11 is 12.5. The minimum Gasteiger partial charge on any atom is -0.309 e. The Morgan fingerprint density at radius 2 is 2.00 bits per heavy atom. The van der Waals surface area contributed by atoms with Crippen LogP contribution in [0.4, 0.5) is 0 Å². The van der Waals surface area contributed by atoms with Crippen molar-refractivity contribution in [1.82, 2.24) is 10.2 Å². The number of benzene rings is 1. The van der Waals surface area contributed by atoms with Crippen LogP contribution in [-0.2, 0) is 6.54 Å². The van der Waals surface area contributed by atoms with Crippen molar-refractivity contribution in [3.05, 3.63) is 33.8 Å². The highest BCUT2D eigenvalue weighted by atomic mass is 35.5. The van der Waals surface area contributed by atoms with Crippen LogP contribution in [0, 0.1) is 5.92 Å². The zero-order chi connectivity index (χ0) is 13.5. The molecule has 1 unspecified atom stereocenters. The SMILES string of the molecule is CC1(C2CC2)CN(Cc2c(Cl)cccc2Cl)CCN1. The molecule has 4 heteroatoms. The van der Waals surface area contributed by atoms with E-state index >= 15 is 0 Å². The Bertz CT molecular complexity index is 453. The van der Waals surface area contributed by atoms with Gasteiger partial charge in [0.05, 0.1) is 0 Å². The predicted octanol–water partition coefficient (Wildman–Crippen LogP) is 3.57. The summed E-state index contributed by atoms with van der Waals surface area (Å²) in [7, 11) is 0. The second-order valence-corrected chi connectivity index (χ2v) is 6.84. The molecule has 1 aromatic carbocycles. The van der Waals surface area contributed by atoms with Crippen molar-refractivity contribution in [2.45, 2.75) is 31.8 Å². The van der Waals surface area contributed by atoms with Crippen molar-refractivity contribution >= 4 is 23.2 Å². The fourth-order valence-electron chi connectivity index (χ4n) is 3.13. The van der Waals surface area contributed by atoms with Gasteiger partial charge in [-0.15, -0.1) is 0 Å². The van der Waals surface area contributed by atoms with Crippen molar-refractivity contribution in [3.8, 4) is 0 Å². The molecule has 104 valence electrons. The molecule has 2 aliphatic rings. The van der Waals surface area contributed by atoms with Gasteiger partial charge in [-0.2, -0.15) is 0 Å². The van der Waals surface area contributed by atoms with Crippen LogP contribution in [0.25, 0.3) is 0 Å². The molecule has 1 N–H and O–H groups in total. The lowest BCUT2D eigenvalue weighted by atomic mass is 9.92. The molecule has 2 fully saturated rings. The summed E-state index contributed by atoms with van der Waals surface area (Å²) in [6.07, 6.45) is 2.73. The standard InChI is InChI=1S/C15H20Cl2N2/c1-15(11-5-6-11)10-19(8-7-18-15)9-12-13(16)3-2-4-14(12)17/h2-4,11,18H,5-10H2,1H3. The minimum absolute atomic E-state index is 0.270. The van der Waals surface area contributed by atoms with Gasteiger partial charge in [-0.3, -0.25) is 4.90 Å². The quantitative estimate of drug-likeness (QED) is 0.918. The van der Waals surface area contributed by atoms with Gasteiger partial charge in [0.2, 0.25) is 0 Å².